The zero-order valence-corrected chi connectivity index (χ0v) is 17.3. The van der Waals surface area contributed by atoms with Gasteiger partial charge < -0.3 is 20.1 Å². The van der Waals surface area contributed by atoms with Crippen molar-refractivity contribution >= 4 is 34.8 Å². The molecule has 1 rings (SSSR count). The van der Waals surface area contributed by atoms with Crippen molar-refractivity contribution in [1.82, 2.24) is 10.2 Å². The first-order chi connectivity index (χ1) is 12.5. The summed E-state index contributed by atoms with van der Waals surface area (Å²) < 4.78 is 5.08. The molecule has 0 aliphatic carbocycles. The average Bonchev–Trinajstić information content (AvgIpc) is 2.86. The maximum Gasteiger partial charge on any atom is 0.408 e. The van der Waals surface area contributed by atoms with Crippen molar-refractivity contribution in [2.45, 2.75) is 65.0 Å². The Morgan fingerprint density at radius 1 is 1.33 bits per heavy atom. The summed E-state index contributed by atoms with van der Waals surface area (Å²) in [5, 5.41) is 11.7. The molecule has 0 aromatic rings. The van der Waals surface area contributed by atoms with E-state index in [0.29, 0.717) is 38.1 Å². The molecule has 9 heteroatoms. The number of carbonyl (C=O) groups is 4. The summed E-state index contributed by atoms with van der Waals surface area (Å²) in [6, 6.07) is -1.02. The molecule has 0 bridgehead atoms. The zero-order chi connectivity index (χ0) is 20.6. The van der Waals surface area contributed by atoms with Crippen molar-refractivity contribution in [2.24, 2.45) is 5.92 Å². The number of likely N-dealkylation sites (tertiary alicyclic amines) is 1. The van der Waals surface area contributed by atoms with Gasteiger partial charge in [-0.25, -0.2) is 9.59 Å². The van der Waals surface area contributed by atoms with Crippen LogP contribution in [0.15, 0.2) is 0 Å². The molecule has 0 spiro atoms. The SMILES string of the molecule is CC(=O)SCC1CC(=O)N(CCCC[C@H](NC(=O)OC(C)(C)C)C(=O)O)C1. The standard InChI is InChI=1S/C18H30N2O6S/c1-12(21)27-11-13-9-15(22)20(10-13)8-6-5-7-14(16(23)24)19-17(25)26-18(2,3)4/h13-14H,5-11H2,1-4H3,(H,19,25)(H,23,24)/t13?,14-/m0/s1. The van der Waals surface area contributed by atoms with E-state index in [2.05, 4.69) is 5.32 Å². The van der Waals surface area contributed by atoms with Gasteiger partial charge in [0.15, 0.2) is 5.12 Å². The summed E-state index contributed by atoms with van der Waals surface area (Å²) in [7, 11) is 0. The van der Waals surface area contributed by atoms with E-state index in [1.807, 2.05) is 0 Å². The van der Waals surface area contributed by atoms with Crippen molar-refractivity contribution in [3.05, 3.63) is 0 Å². The van der Waals surface area contributed by atoms with Crippen molar-refractivity contribution in [3.8, 4) is 0 Å². The fourth-order valence-corrected chi connectivity index (χ4v) is 3.47. The number of nitrogens with zero attached hydrogens (tertiary/aromatic N) is 1. The van der Waals surface area contributed by atoms with Crippen molar-refractivity contribution in [2.75, 3.05) is 18.8 Å². The number of amides is 2. The highest BCUT2D eigenvalue weighted by Crippen LogP contribution is 2.22. The number of alkyl carbamates (subject to hydrolysis) is 1. The normalized spacial score (nSPS) is 18.3. The van der Waals surface area contributed by atoms with Crippen LogP contribution in [0.5, 0.6) is 0 Å². The molecular weight excluding hydrogens is 372 g/mol. The Kier molecular flexibility index (Phi) is 9.08. The molecule has 1 heterocycles. The maximum atomic E-state index is 12.0. The highest BCUT2D eigenvalue weighted by atomic mass is 32.2. The number of carboxylic acid groups (broad SMARTS) is 1. The Labute approximate surface area is 164 Å². The van der Waals surface area contributed by atoms with Crippen LogP contribution >= 0.6 is 11.8 Å². The summed E-state index contributed by atoms with van der Waals surface area (Å²) in [6.07, 6.45) is 1.18. The van der Waals surface area contributed by atoms with E-state index in [1.165, 1.54) is 18.7 Å². The van der Waals surface area contributed by atoms with Crippen LogP contribution in [0.4, 0.5) is 4.79 Å². The molecule has 0 radical (unpaired) electrons. The Bertz CT molecular complexity index is 561. The van der Waals surface area contributed by atoms with Gasteiger partial charge in [0.25, 0.3) is 0 Å². The molecule has 8 nitrogen and oxygen atoms in total. The molecular formula is C18H30N2O6S. The minimum atomic E-state index is -1.11. The van der Waals surface area contributed by atoms with Crippen LogP contribution in [0, 0.1) is 5.92 Å². The molecule has 2 atom stereocenters. The van der Waals surface area contributed by atoms with Gasteiger partial charge in [-0.2, -0.15) is 0 Å². The number of hydrogen-bond acceptors (Lipinski definition) is 6. The van der Waals surface area contributed by atoms with Crippen molar-refractivity contribution in [1.29, 1.82) is 0 Å². The molecule has 1 saturated heterocycles. The Morgan fingerprint density at radius 2 is 2.00 bits per heavy atom. The first kappa shape index (κ1) is 23.3. The first-order valence-electron chi connectivity index (χ1n) is 9.11. The van der Waals surface area contributed by atoms with Gasteiger partial charge in [-0.1, -0.05) is 11.8 Å². The smallest absolute Gasteiger partial charge is 0.408 e. The lowest BCUT2D eigenvalue weighted by Gasteiger charge is -2.22. The van der Waals surface area contributed by atoms with E-state index in [9.17, 15) is 24.3 Å². The molecule has 27 heavy (non-hydrogen) atoms. The second-order valence-electron chi connectivity index (χ2n) is 7.75. The average molecular weight is 403 g/mol. The topological polar surface area (TPSA) is 113 Å². The van der Waals surface area contributed by atoms with Gasteiger partial charge in [-0.3, -0.25) is 9.59 Å². The van der Waals surface area contributed by atoms with Gasteiger partial charge in [0.1, 0.15) is 11.6 Å². The number of carboxylic acids is 1. The van der Waals surface area contributed by atoms with Crippen LogP contribution in [0.3, 0.4) is 0 Å². The molecule has 1 unspecified atom stereocenters. The predicted molar refractivity (Wildman–Crippen MR) is 102 cm³/mol. The summed E-state index contributed by atoms with van der Waals surface area (Å²) in [5.74, 6) is -0.199. The molecule has 0 aromatic heterocycles. The van der Waals surface area contributed by atoms with Gasteiger partial charge in [0, 0.05) is 32.2 Å². The molecule has 1 aliphatic heterocycles. The van der Waals surface area contributed by atoms with Gasteiger partial charge >= 0.3 is 12.1 Å². The lowest BCUT2D eigenvalue weighted by atomic mass is 10.1. The summed E-state index contributed by atoms with van der Waals surface area (Å²) in [6.45, 7) is 7.83. The molecule has 1 aliphatic rings. The summed E-state index contributed by atoms with van der Waals surface area (Å²) >= 11 is 1.24. The van der Waals surface area contributed by atoms with Crippen LogP contribution in [-0.4, -0.2) is 63.6 Å². The minimum absolute atomic E-state index is 0.0538. The van der Waals surface area contributed by atoms with Gasteiger partial charge in [0.05, 0.1) is 0 Å². The maximum absolute atomic E-state index is 12.0. The number of thioether (sulfide) groups is 1. The van der Waals surface area contributed by atoms with E-state index in [1.54, 1.807) is 25.7 Å². The summed E-state index contributed by atoms with van der Waals surface area (Å²) in [5.41, 5.74) is -0.694. The van der Waals surface area contributed by atoms with Crippen molar-refractivity contribution in [3.63, 3.8) is 0 Å². The molecule has 154 valence electrons. The number of carbonyl (C=O) groups excluding carboxylic acids is 3. The Morgan fingerprint density at radius 3 is 2.56 bits per heavy atom. The lowest BCUT2D eigenvalue weighted by molar-refractivity contribution is -0.139. The van der Waals surface area contributed by atoms with E-state index < -0.39 is 23.7 Å². The second kappa shape index (κ2) is 10.5. The highest BCUT2D eigenvalue weighted by Gasteiger charge is 2.29. The largest absolute Gasteiger partial charge is 0.480 e. The number of unbranched alkanes of at least 4 members (excludes halogenated alkanes) is 1. The number of aliphatic carboxylic acids is 1. The van der Waals surface area contributed by atoms with E-state index >= 15 is 0 Å². The highest BCUT2D eigenvalue weighted by molar-refractivity contribution is 8.13. The molecule has 0 saturated carbocycles. The fourth-order valence-electron chi connectivity index (χ4n) is 2.78. The number of ether oxygens (including phenoxy) is 1. The third kappa shape index (κ3) is 9.65. The van der Waals surface area contributed by atoms with E-state index in [4.69, 9.17) is 4.74 Å². The Balaban J connectivity index is 2.33. The molecule has 2 amide bonds. The quantitative estimate of drug-likeness (QED) is 0.569. The van der Waals surface area contributed by atoms with Crippen LogP contribution in [-0.2, 0) is 19.1 Å². The van der Waals surface area contributed by atoms with Gasteiger partial charge in [0.2, 0.25) is 5.91 Å². The van der Waals surface area contributed by atoms with Crippen molar-refractivity contribution < 1.29 is 29.0 Å². The molecule has 0 aromatic carbocycles. The summed E-state index contributed by atoms with van der Waals surface area (Å²) in [4.78, 5) is 47.8. The predicted octanol–water partition coefficient (Wildman–Crippen LogP) is 2.26. The van der Waals surface area contributed by atoms with Gasteiger partial charge in [-0.05, 0) is 46.0 Å². The molecule has 2 N–H and O–H groups in total. The number of hydrogen-bond donors (Lipinski definition) is 2. The monoisotopic (exact) mass is 402 g/mol. The Hall–Kier alpha value is -1.77. The van der Waals surface area contributed by atoms with E-state index in [-0.39, 0.29) is 23.4 Å². The molecule has 1 fully saturated rings. The first-order valence-corrected chi connectivity index (χ1v) is 10.1. The third-order valence-electron chi connectivity index (χ3n) is 3.98. The van der Waals surface area contributed by atoms with Crippen LogP contribution in [0.25, 0.3) is 0 Å². The van der Waals surface area contributed by atoms with Gasteiger partial charge in [-0.15, -0.1) is 0 Å². The van der Waals surface area contributed by atoms with Crippen LogP contribution < -0.4 is 5.32 Å². The third-order valence-corrected chi connectivity index (χ3v) is 5.02. The number of nitrogens with one attached hydrogen (secondary N) is 1. The van der Waals surface area contributed by atoms with E-state index in [0.717, 1.165) is 0 Å². The number of rotatable bonds is 9. The van der Waals surface area contributed by atoms with Crippen LogP contribution in [0.1, 0.15) is 53.4 Å². The minimum Gasteiger partial charge on any atom is -0.480 e. The zero-order valence-electron chi connectivity index (χ0n) is 16.4. The van der Waals surface area contributed by atoms with Crippen LogP contribution in [0.2, 0.25) is 0 Å². The second-order valence-corrected chi connectivity index (χ2v) is 8.94. The fraction of sp³-hybridized carbons (Fsp3) is 0.778. The lowest BCUT2D eigenvalue weighted by Crippen LogP contribution is -2.43.